The number of aryl methyl sites for hydroxylation is 3. The Kier molecular flexibility index (Phi) is 1.26. The van der Waals surface area contributed by atoms with Crippen LogP contribution in [0.1, 0.15) is 10.7 Å². The van der Waals surface area contributed by atoms with Gasteiger partial charge in [-0.25, -0.2) is 4.57 Å². The Labute approximate surface area is 68.9 Å². The zero-order chi connectivity index (χ0) is 8.01. The highest BCUT2D eigenvalue weighted by molar-refractivity contribution is 7.16. The molecule has 2 aromatic heterocycles. The number of hydrogen-bond acceptors (Lipinski definition) is 2. The average molecular weight is 168 g/mol. The lowest BCUT2D eigenvalue weighted by atomic mass is 10.5. The third kappa shape index (κ3) is 0.860. The molecule has 0 radical (unpaired) electrons. The number of imidazole rings is 1. The molecule has 0 aromatic carbocycles. The van der Waals surface area contributed by atoms with Gasteiger partial charge in [-0.2, -0.15) is 0 Å². The summed E-state index contributed by atoms with van der Waals surface area (Å²) < 4.78 is 4.07. The minimum absolute atomic E-state index is 1.11. The summed E-state index contributed by atoms with van der Waals surface area (Å²) in [7, 11) is 2.06. The summed E-state index contributed by atoms with van der Waals surface area (Å²) in [4.78, 5) is 1.19. The molecular formula is C7H10N3S+. The zero-order valence-electron chi connectivity index (χ0n) is 6.83. The van der Waals surface area contributed by atoms with Gasteiger partial charge in [-0.15, -0.1) is 0 Å². The maximum Gasteiger partial charge on any atom is 0.368 e. The van der Waals surface area contributed by atoms with Crippen molar-refractivity contribution in [3.05, 3.63) is 16.9 Å². The van der Waals surface area contributed by atoms with Gasteiger partial charge < -0.3 is 0 Å². The minimum atomic E-state index is 1.11. The summed E-state index contributed by atoms with van der Waals surface area (Å²) in [5.41, 5.74) is 1.24. The number of nitrogens with zero attached hydrogens (tertiary/aromatic N) is 3. The van der Waals surface area contributed by atoms with Gasteiger partial charge in [0.05, 0.1) is 7.05 Å². The molecule has 0 fully saturated rings. The highest BCUT2D eigenvalue weighted by Crippen LogP contribution is 2.10. The molecule has 4 heteroatoms. The molecule has 0 spiro atoms. The minimum Gasteiger partial charge on any atom is -0.219 e. The van der Waals surface area contributed by atoms with Crippen LogP contribution in [0, 0.1) is 13.8 Å². The summed E-state index contributed by atoms with van der Waals surface area (Å²) in [6, 6.07) is 0. The molecule has 0 amide bonds. The first-order valence-electron chi connectivity index (χ1n) is 3.50. The quantitative estimate of drug-likeness (QED) is 0.534. The summed E-state index contributed by atoms with van der Waals surface area (Å²) >= 11 is 1.71. The van der Waals surface area contributed by atoms with Crippen LogP contribution < -0.4 is 4.57 Å². The molecule has 0 atom stereocenters. The second-order valence-corrected chi connectivity index (χ2v) is 3.84. The fourth-order valence-corrected chi connectivity index (χ4v) is 1.98. The van der Waals surface area contributed by atoms with E-state index < -0.39 is 0 Å². The largest absolute Gasteiger partial charge is 0.368 e. The number of aromatic nitrogens is 3. The Morgan fingerprint density at radius 2 is 2.27 bits per heavy atom. The summed E-state index contributed by atoms with van der Waals surface area (Å²) in [6.07, 6.45) is 2.04. The van der Waals surface area contributed by atoms with Gasteiger partial charge in [0.15, 0.2) is 6.20 Å². The van der Waals surface area contributed by atoms with Crippen LogP contribution in [0.3, 0.4) is 0 Å². The molecule has 2 rings (SSSR count). The predicted octanol–water partition coefficient (Wildman–Crippen LogP) is 0.837. The van der Waals surface area contributed by atoms with Crippen molar-refractivity contribution in [3.8, 4) is 0 Å². The Balaban J connectivity index is 2.88. The maximum absolute atomic E-state index is 4.31. The van der Waals surface area contributed by atoms with Crippen molar-refractivity contribution in [1.29, 1.82) is 0 Å². The van der Waals surface area contributed by atoms with E-state index in [0.717, 1.165) is 5.01 Å². The predicted molar refractivity (Wildman–Crippen MR) is 43.7 cm³/mol. The summed E-state index contributed by atoms with van der Waals surface area (Å²) in [5, 5.41) is 5.42. The smallest absolute Gasteiger partial charge is 0.219 e. The molecule has 0 saturated heterocycles. The van der Waals surface area contributed by atoms with E-state index in [9.17, 15) is 0 Å². The van der Waals surface area contributed by atoms with Crippen molar-refractivity contribution in [3.63, 3.8) is 0 Å². The lowest BCUT2D eigenvalue weighted by Crippen LogP contribution is -2.28. The molecule has 0 aliphatic carbocycles. The van der Waals surface area contributed by atoms with E-state index in [4.69, 9.17) is 0 Å². The van der Waals surface area contributed by atoms with Gasteiger partial charge >= 0.3 is 4.96 Å². The van der Waals surface area contributed by atoms with Crippen LogP contribution in [-0.2, 0) is 7.05 Å². The molecule has 0 N–H and O–H groups in total. The number of hydrogen-bond donors (Lipinski definition) is 0. The van der Waals surface area contributed by atoms with Crippen molar-refractivity contribution < 1.29 is 4.57 Å². The van der Waals surface area contributed by atoms with Crippen molar-refractivity contribution in [2.75, 3.05) is 0 Å². The van der Waals surface area contributed by atoms with E-state index in [0.29, 0.717) is 0 Å². The molecule has 3 nitrogen and oxygen atoms in total. The fourth-order valence-electron chi connectivity index (χ4n) is 1.11. The van der Waals surface area contributed by atoms with E-state index in [2.05, 4.69) is 23.6 Å². The van der Waals surface area contributed by atoms with E-state index >= 15 is 0 Å². The number of fused-ring (bicyclic) bond motifs is 1. The molecule has 0 bridgehead atoms. The lowest BCUT2D eigenvalue weighted by molar-refractivity contribution is -0.648. The van der Waals surface area contributed by atoms with Gasteiger partial charge in [0.1, 0.15) is 10.7 Å². The standard InChI is InChI=1S/C7H10N3S/c1-5-4-10-7(9(5)3)11-6(2)8-10/h4H,1-3H3/q+1. The van der Waals surface area contributed by atoms with Crippen LogP contribution in [0.5, 0.6) is 0 Å². The molecule has 0 saturated carbocycles. The third-order valence-corrected chi connectivity index (χ3v) is 2.83. The van der Waals surface area contributed by atoms with E-state index in [1.807, 2.05) is 17.6 Å². The molecule has 0 aliphatic heterocycles. The highest BCUT2D eigenvalue weighted by atomic mass is 32.1. The van der Waals surface area contributed by atoms with E-state index in [1.165, 1.54) is 10.7 Å². The first-order chi connectivity index (χ1) is 5.18. The van der Waals surface area contributed by atoms with Crippen LogP contribution in [0.25, 0.3) is 4.96 Å². The second-order valence-electron chi connectivity index (χ2n) is 2.68. The van der Waals surface area contributed by atoms with Gasteiger partial charge in [-0.3, -0.25) is 0 Å². The maximum atomic E-state index is 4.31. The van der Waals surface area contributed by atoms with E-state index in [1.54, 1.807) is 11.3 Å². The van der Waals surface area contributed by atoms with Gasteiger partial charge in [0.25, 0.3) is 0 Å². The van der Waals surface area contributed by atoms with Gasteiger partial charge in [0, 0.05) is 6.92 Å². The Morgan fingerprint density at radius 1 is 1.55 bits per heavy atom. The first-order valence-corrected chi connectivity index (χ1v) is 4.31. The van der Waals surface area contributed by atoms with Crippen molar-refractivity contribution in [2.45, 2.75) is 13.8 Å². The number of rotatable bonds is 0. The molecule has 11 heavy (non-hydrogen) atoms. The van der Waals surface area contributed by atoms with Crippen LogP contribution in [0.15, 0.2) is 6.20 Å². The van der Waals surface area contributed by atoms with Crippen LogP contribution in [0.2, 0.25) is 0 Å². The molecule has 0 unspecified atom stereocenters. The summed E-state index contributed by atoms with van der Waals surface area (Å²) in [5.74, 6) is 0. The van der Waals surface area contributed by atoms with E-state index in [-0.39, 0.29) is 0 Å². The van der Waals surface area contributed by atoms with Gasteiger partial charge in [-0.1, -0.05) is 9.61 Å². The van der Waals surface area contributed by atoms with Crippen molar-refractivity contribution in [2.24, 2.45) is 7.05 Å². The first kappa shape index (κ1) is 6.79. The molecule has 2 heterocycles. The second kappa shape index (κ2) is 2.04. The molecular weight excluding hydrogens is 158 g/mol. The Hall–Kier alpha value is -0.900. The highest BCUT2D eigenvalue weighted by Gasteiger charge is 2.14. The summed E-state index contributed by atoms with van der Waals surface area (Å²) in [6.45, 7) is 4.10. The lowest BCUT2D eigenvalue weighted by Gasteiger charge is -1.81. The fraction of sp³-hybridized carbons (Fsp3) is 0.429. The van der Waals surface area contributed by atoms with Gasteiger partial charge in [0.2, 0.25) is 0 Å². The average Bonchev–Trinajstić information content (AvgIpc) is 2.37. The zero-order valence-corrected chi connectivity index (χ0v) is 7.64. The molecule has 58 valence electrons. The van der Waals surface area contributed by atoms with Crippen LogP contribution in [0.4, 0.5) is 0 Å². The SMILES string of the molecule is Cc1nn2cc(C)[n+](C)c2s1. The van der Waals surface area contributed by atoms with Crippen LogP contribution >= 0.6 is 11.3 Å². The Morgan fingerprint density at radius 3 is 2.91 bits per heavy atom. The third-order valence-electron chi connectivity index (χ3n) is 1.81. The molecule has 2 aromatic rings. The van der Waals surface area contributed by atoms with Crippen molar-refractivity contribution >= 4 is 16.3 Å². The van der Waals surface area contributed by atoms with Gasteiger partial charge in [-0.05, 0) is 18.3 Å². The van der Waals surface area contributed by atoms with Crippen LogP contribution in [-0.4, -0.2) is 9.61 Å². The monoisotopic (exact) mass is 168 g/mol. The normalized spacial score (nSPS) is 11.2. The van der Waals surface area contributed by atoms with Crippen molar-refractivity contribution in [1.82, 2.24) is 9.61 Å². The topological polar surface area (TPSA) is 21.2 Å². The Bertz CT molecular complexity index is 399. The molecule has 0 aliphatic rings.